The Morgan fingerprint density at radius 1 is 1.11 bits per heavy atom. The molecule has 1 atom stereocenters. The standard InChI is InChI=1S/C16H17FO/c1-11-7-8-12(2)14(9-11)16(18)10-13-5-3-4-6-15(13)17/h3-9,16,18H,10H2,1-2H3. The van der Waals surface area contributed by atoms with Crippen molar-refractivity contribution in [1.82, 2.24) is 0 Å². The monoisotopic (exact) mass is 244 g/mol. The van der Waals surface area contributed by atoms with Crippen LogP contribution in [0.5, 0.6) is 0 Å². The van der Waals surface area contributed by atoms with Crippen molar-refractivity contribution in [2.75, 3.05) is 0 Å². The zero-order valence-electron chi connectivity index (χ0n) is 10.7. The first kappa shape index (κ1) is 12.8. The van der Waals surface area contributed by atoms with Crippen molar-refractivity contribution < 1.29 is 9.50 Å². The summed E-state index contributed by atoms with van der Waals surface area (Å²) in [4.78, 5) is 0. The largest absolute Gasteiger partial charge is 0.388 e. The summed E-state index contributed by atoms with van der Waals surface area (Å²) < 4.78 is 13.5. The highest BCUT2D eigenvalue weighted by Gasteiger charge is 2.13. The lowest BCUT2D eigenvalue weighted by atomic mass is 9.96. The van der Waals surface area contributed by atoms with Crippen molar-refractivity contribution in [3.8, 4) is 0 Å². The molecule has 0 aliphatic rings. The second-order valence-electron chi connectivity index (χ2n) is 4.67. The second kappa shape index (κ2) is 5.32. The predicted octanol–water partition coefficient (Wildman–Crippen LogP) is 3.72. The van der Waals surface area contributed by atoms with E-state index in [1.54, 1.807) is 18.2 Å². The maximum absolute atomic E-state index is 13.5. The zero-order chi connectivity index (χ0) is 13.1. The van der Waals surface area contributed by atoms with E-state index in [1.807, 2.05) is 32.0 Å². The van der Waals surface area contributed by atoms with E-state index in [0.717, 1.165) is 16.7 Å². The minimum atomic E-state index is -0.665. The Kier molecular flexibility index (Phi) is 3.78. The van der Waals surface area contributed by atoms with Crippen LogP contribution in [0, 0.1) is 19.7 Å². The van der Waals surface area contributed by atoms with Gasteiger partial charge in [0.1, 0.15) is 5.82 Å². The topological polar surface area (TPSA) is 20.2 Å². The molecule has 0 spiro atoms. The van der Waals surface area contributed by atoms with Gasteiger partial charge in [0.25, 0.3) is 0 Å². The van der Waals surface area contributed by atoms with Gasteiger partial charge in [-0.25, -0.2) is 4.39 Å². The number of halogens is 1. The van der Waals surface area contributed by atoms with Crippen LogP contribution in [-0.4, -0.2) is 5.11 Å². The minimum absolute atomic E-state index is 0.262. The van der Waals surface area contributed by atoms with Gasteiger partial charge in [0.2, 0.25) is 0 Å². The Bertz CT molecular complexity index is 549. The Morgan fingerprint density at radius 3 is 2.56 bits per heavy atom. The highest BCUT2D eigenvalue weighted by atomic mass is 19.1. The number of aliphatic hydroxyl groups excluding tert-OH is 1. The molecule has 2 rings (SSSR count). The van der Waals surface area contributed by atoms with Crippen molar-refractivity contribution in [3.05, 3.63) is 70.5 Å². The molecular weight excluding hydrogens is 227 g/mol. The van der Waals surface area contributed by atoms with Crippen LogP contribution in [0.4, 0.5) is 4.39 Å². The van der Waals surface area contributed by atoms with Crippen molar-refractivity contribution in [3.63, 3.8) is 0 Å². The molecule has 0 saturated heterocycles. The van der Waals surface area contributed by atoms with Gasteiger partial charge in [0, 0.05) is 6.42 Å². The maximum Gasteiger partial charge on any atom is 0.126 e. The van der Waals surface area contributed by atoms with E-state index in [4.69, 9.17) is 0 Å². The van der Waals surface area contributed by atoms with Gasteiger partial charge >= 0.3 is 0 Å². The van der Waals surface area contributed by atoms with Gasteiger partial charge in [0.05, 0.1) is 6.10 Å². The molecule has 0 amide bonds. The van der Waals surface area contributed by atoms with E-state index in [2.05, 4.69) is 0 Å². The lowest BCUT2D eigenvalue weighted by Gasteiger charge is -2.15. The van der Waals surface area contributed by atoms with Gasteiger partial charge in [0.15, 0.2) is 0 Å². The number of hydrogen-bond donors (Lipinski definition) is 1. The summed E-state index contributed by atoms with van der Waals surface area (Å²) in [6.45, 7) is 3.94. The van der Waals surface area contributed by atoms with Crippen LogP contribution in [-0.2, 0) is 6.42 Å². The van der Waals surface area contributed by atoms with Crippen LogP contribution in [0.3, 0.4) is 0 Å². The number of aryl methyl sites for hydroxylation is 2. The molecule has 0 aromatic heterocycles. The lowest BCUT2D eigenvalue weighted by molar-refractivity contribution is 0.176. The Balaban J connectivity index is 2.25. The summed E-state index contributed by atoms with van der Waals surface area (Å²) in [6, 6.07) is 12.5. The van der Waals surface area contributed by atoms with Crippen LogP contribution < -0.4 is 0 Å². The van der Waals surface area contributed by atoms with Crippen molar-refractivity contribution >= 4 is 0 Å². The lowest BCUT2D eigenvalue weighted by Crippen LogP contribution is -2.05. The average Bonchev–Trinajstić information content (AvgIpc) is 2.35. The normalized spacial score (nSPS) is 12.4. The first-order valence-corrected chi connectivity index (χ1v) is 6.06. The molecule has 94 valence electrons. The molecule has 1 nitrogen and oxygen atoms in total. The fourth-order valence-electron chi connectivity index (χ4n) is 2.10. The fraction of sp³-hybridized carbons (Fsp3) is 0.250. The third-order valence-electron chi connectivity index (χ3n) is 3.16. The van der Waals surface area contributed by atoms with Crippen LogP contribution in [0.25, 0.3) is 0 Å². The summed E-state index contributed by atoms with van der Waals surface area (Å²) in [5.74, 6) is -0.262. The third-order valence-corrected chi connectivity index (χ3v) is 3.16. The quantitative estimate of drug-likeness (QED) is 0.872. The smallest absolute Gasteiger partial charge is 0.126 e. The molecule has 1 unspecified atom stereocenters. The van der Waals surface area contributed by atoms with E-state index < -0.39 is 6.10 Å². The zero-order valence-corrected chi connectivity index (χ0v) is 10.7. The molecule has 0 heterocycles. The molecule has 0 saturated carbocycles. The van der Waals surface area contributed by atoms with Gasteiger partial charge < -0.3 is 5.11 Å². The number of aliphatic hydroxyl groups is 1. The Hall–Kier alpha value is -1.67. The Labute approximate surface area is 107 Å². The molecule has 1 N–H and O–H groups in total. The van der Waals surface area contributed by atoms with Crippen molar-refractivity contribution in [2.24, 2.45) is 0 Å². The van der Waals surface area contributed by atoms with E-state index in [1.165, 1.54) is 6.07 Å². The highest BCUT2D eigenvalue weighted by Crippen LogP contribution is 2.23. The molecule has 18 heavy (non-hydrogen) atoms. The molecule has 0 radical (unpaired) electrons. The molecular formula is C16H17FO. The van der Waals surface area contributed by atoms with Gasteiger partial charge in [-0.3, -0.25) is 0 Å². The molecule has 2 heteroatoms. The van der Waals surface area contributed by atoms with Gasteiger partial charge in [-0.05, 0) is 36.6 Å². The number of hydrogen-bond acceptors (Lipinski definition) is 1. The fourth-order valence-corrected chi connectivity index (χ4v) is 2.10. The summed E-state index contributed by atoms with van der Waals surface area (Å²) >= 11 is 0. The van der Waals surface area contributed by atoms with Crippen LogP contribution in [0.15, 0.2) is 42.5 Å². The average molecular weight is 244 g/mol. The predicted molar refractivity (Wildman–Crippen MR) is 71.0 cm³/mol. The first-order chi connectivity index (χ1) is 8.58. The van der Waals surface area contributed by atoms with Crippen molar-refractivity contribution in [2.45, 2.75) is 26.4 Å². The van der Waals surface area contributed by atoms with E-state index >= 15 is 0 Å². The third kappa shape index (κ3) is 2.77. The Morgan fingerprint density at radius 2 is 1.83 bits per heavy atom. The maximum atomic E-state index is 13.5. The second-order valence-corrected chi connectivity index (χ2v) is 4.67. The van der Waals surface area contributed by atoms with Gasteiger partial charge in [-0.15, -0.1) is 0 Å². The molecule has 0 fully saturated rings. The van der Waals surface area contributed by atoms with Crippen LogP contribution in [0.2, 0.25) is 0 Å². The molecule has 2 aromatic rings. The van der Waals surface area contributed by atoms with Crippen LogP contribution in [0.1, 0.15) is 28.4 Å². The summed E-state index contributed by atoms with van der Waals surface area (Å²) in [5.41, 5.74) is 3.55. The highest BCUT2D eigenvalue weighted by molar-refractivity contribution is 5.33. The summed E-state index contributed by atoms with van der Waals surface area (Å²) in [5, 5.41) is 10.2. The molecule has 0 aliphatic heterocycles. The molecule has 2 aromatic carbocycles. The van der Waals surface area contributed by atoms with Crippen LogP contribution >= 0.6 is 0 Å². The number of rotatable bonds is 3. The SMILES string of the molecule is Cc1ccc(C)c(C(O)Cc2ccccc2F)c1. The minimum Gasteiger partial charge on any atom is -0.388 e. The molecule has 0 bridgehead atoms. The van der Waals surface area contributed by atoms with E-state index in [9.17, 15) is 9.50 Å². The summed E-state index contributed by atoms with van der Waals surface area (Å²) in [7, 11) is 0. The first-order valence-electron chi connectivity index (χ1n) is 6.06. The van der Waals surface area contributed by atoms with Crippen molar-refractivity contribution in [1.29, 1.82) is 0 Å². The molecule has 0 aliphatic carbocycles. The van der Waals surface area contributed by atoms with E-state index in [0.29, 0.717) is 12.0 Å². The number of benzene rings is 2. The summed E-state index contributed by atoms with van der Waals surface area (Å²) in [6.07, 6.45) is -0.362. The van der Waals surface area contributed by atoms with Gasteiger partial charge in [-0.1, -0.05) is 42.0 Å². The van der Waals surface area contributed by atoms with Gasteiger partial charge in [-0.2, -0.15) is 0 Å². The van der Waals surface area contributed by atoms with E-state index in [-0.39, 0.29) is 5.82 Å².